The van der Waals surface area contributed by atoms with Crippen LogP contribution >= 0.6 is 0 Å². The molecular formula is C17H27N5O2. The van der Waals surface area contributed by atoms with E-state index in [-0.39, 0.29) is 11.2 Å². The van der Waals surface area contributed by atoms with Crippen LogP contribution in [-0.4, -0.2) is 45.2 Å². The van der Waals surface area contributed by atoms with Crippen LogP contribution < -0.4 is 16.6 Å². The summed E-state index contributed by atoms with van der Waals surface area (Å²) in [5, 5.41) is 3.90. The second kappa shape index (κ2) is 7.61. The molecule has 7 nitrogen and oxygen atoms in total. The molecule has 0 aliphatic heterocycles. The third-order valence-electron chi connectivity index (χ3n) is 4.55. The van der Waals surface area contributed by atoms with Crippen molar-refractivity contribution in [2.75, 3.05) is 31.5 Å². The third-order valence-corrected chi connectivity index (χ3v) is 4.55. The van der Waals surface area contributed by atoms with Crippen LogP contribution in [0.1, 0.15) is 26.3 Å². The lowest BCUT2D eigenvalue weighted by atomic mass is 10.1. The molecule has 2 aromatic heterocycles. The van der Waals surface area contributed by atoms with Gasteiger partial charge in [0.1, 0.15) is 5.39 Å². The van der Waals surface area contributed by atoms with Gasteiger partial charge in [-0.25, -0.2) is 9.78 Å². The van der Waals surface area contributed by atoms with Gasteiger partial charge < -0.3 is 10.2 Å². The molecule has 1 N–H and O–H groups in total. The number of likely N-dealkylation sites (N-methyl/N-ethyl adjacent to an activating group) is 1. The molecule has 2 rings (SSSR count). The molecule has 0 saturated heterocycles. The Hall–Kier alpha value is -2.15. The van der Waals surface area contributed by atoms with Crippen molar-refractivity contribution in [1.29, 1.82) is 0 Å². The van der Waals surface area contributed by atoms with E-state index in [1.807, 2.05) is 6.92 Å². The predicted molar refractivity (Wildman–Crippen MR) is 97.9 cm³/mol. The van der Waals surface area contributed by atoms with E-state index < -0.39 is 0 Å². The van der Waals surface area contributed by atoms with Crippen molar-refractivity contribution in [1.82, 2.24) is 19.0 Å². The number of rotatable bonds is 7. The largest absolute Gasteiger partial charge is 0.383 e. The number of nitrogens with zero attached hydrogens (tertiary/aromatic N) is 4. The van der Waals surface area contributed by atoms with Crippen LogP contribution in [0.5, 0.6) is 0 Å². The minimum absolute atomic E-state index is 0.304. The highest BCUT2D eigenvalue weighted by atomic mass is 16.2. The molecule has 0 aliphatic rings. The highest BCUT2D eigenvalue weighted by molar-refractivity contribution is 5.90. The second-order valence-electron chi connectivity index (χ2n) is 5.87. The lowest BCUT2D eigenvalue weighted by Gasteiger charge is -2.20. The number of aryl methyl sites for hydroxylation is 2. The zero-order valence-electron chi connectivity index (χ0n) is 15.2. The molecule has 132 valence electrons. The zero-order chi connectivity index (χ0) is 17.9. The van der Waals surface area contributed by atoms with E-state index >= 15 is 0 Å². The first kappa shape index (κ1) is 18.2. The smallest absolute Gasteiger partial charge is 0.332 e. The summed E-state index contributed by atoms with van der Waals surface area (Å²) in [6, 6.07) is 0. The minimum Gasteiger partial charge on any atom is -0.383 e. The fourth-order valence-corrected chi connectivity index (χ4v) is 2.92. The average Bonchev–Trinajstić information content (AvgIpc) is 2.61. The summed E-state index contributed by atoms with van der Waals surface area (Å²) in [4.78, 5) is 31.4. The molecule has 7 heteroatoms. The standard InChI is InChI=1S/C17H27N5O2/c1-6-12-11-19-15-13(16(23)21(5)17(24)20(15)4)14(12)18-9-10-22(7-2)8-3/h11H,6-10H2,1-5H3,(H,18,19). The highest BCUT2D eigenvalue weighted by Crippen LogP contribution is 2.22. The van der Waals surface area contributed by atoms with Gasteiger partial charge in [0.25, 0.3) is 5.56 Å². The number of hydrogen-bond acceptors (Lipinski definition) is 5. The van der Waals surface area contributed by atoms with E-state index in [9.17, 15) is 9.59 Å². The number of nitrogens with one attached hydrogen (secondary N) is 1. The molecule has 0 radical (unpaired) electrons. The Morgan fingerprint density at radius 2 is 1.79 bits per heavy atom. The highest BCUT2D eigenvalue weighted by Gasteiger charge is 2.16. The van der Waals surface area contributed by atoms with E-state index in [2.05, 4.69) is 29.0 Å². The molecule has 0 atom stereocenters. The average molecular weight is 333 g/mol. The molecule has 24 heavy (non-hydrogen) atoms. The molecule has 0 amide bonds. The number of hydrogen-bond donors (Lipinski definition) is 1. The van der Waals surface area contributed by atoms with Crippen molar-refractivity contribution < 1.29 is 0 Å². The summed E-state index contributed by atoms with van der Waals surface area (Å²) >= 11 is 0. The number of pyridine rings is 1. The summed E-state index contributed by atoms with van der Waals surface area (Å²) in [6.45, 7) is 9.91. The molecular weight excluding hydrogens is 306 g/mol. The van der Waals surface area contributed by atoms with Gasteiger partial charge in [-0.05, 0) is 25.1 Å². The van der Waals surface area contributed by atoms with Crippen LogP contribution in [0.3, 0.4) is 0 Å². The molecule has 2 aromatic rings. The van der Waals surface area contributed by atoms with Gasteiger partial charge >= 0.3 is 5.69 Å². The van der Waals surface area contributed by atoms with Gasteiger partial charge in [0.15, 0.2) is 5.65 Å². The summed E-state index contributed by atoms with van der Waals surface area (Å²) in [5.74, 6) is 0. The van der Waals surface area contributed by atoms with Crippen LogP contribution in [0.25, 0.3) is 11.0 Å². The second-order valence-corrected chi connectivity index (χ2v) is 5.87. The van der Waals surface area contributed by atoms with Gasteiger partial charge in [0, 0.05) is 33.4 Å². The van der Waals surface area contributed by atoms with Crippen LogP contribution in [0.2, 0.25) is 0 Å². The number of fused-ring (bicyclic) bond motifs is 1. The summed E-state index contributed by atoms with van der Waals surface area (Å²) < 4.78 is 2.56. The van der Waals surface area contributed by atoms with E-state index in [1.165, 1.54) is 11.6 Å². The summed E-state index contributed by atoms with van der Waals surface area (Å²) in [6.07, 6.45) is 2.52. The third kappa shape index (κ3) is 3.21. The Kier molecular flexibility index (Phi) is 5.77. The maximum Gasteiger partial charge on any atom is 0.332 e. The van der Waals surface area contributed by atoms with Crippen LogP contribution in [0, 0.1) is 0 Å². The molecule has 0 saturated carbocycles. The van der Waals surface area contributed by atoms with Gasteiger partial charge in [0.05, 0.1) is 5.69 Å². The topological polar surface area (TPSA) is 72.2 Å². The molecule has 0 unspecified atom stereocenters. The van der Waals surface area contributed by atoms with Gasteiger partial charge in [-0.15, -0.1) is 0 Å². The zero-order valence-corrected chi connectivity index (χ0v) is 15.2. The predicted octanol–water partition coefficient (Wildman–Crippen LogP) is 0.948. The summed E-state index contributed by atoms with van der Waals surface area (Å²) in [7, 11) is 3.14. The Balaban J connectivity index is 2.54. The number of aromatic nitrogens is 3. The Labute approximate surface area is 141 Å². The Morgan fingerprint density at radius 1 is 1.12 bits per heavy atom. The van der Waals surface area contributed by atoms with Crippen LogP contribution in [0.15, 0.2) is 15.8 Å². The molecule has 0 aromatic carbocycles. The SMILES string of the molecule is CCc1cnc2c(c1NCCN(CC)CC)c(=O)n(C)c(=O)n2C. The Morgan fingerprint density at radius 3 is 2.38 bits per heavy atom. The maximum absolute atomic E-state index is 12.7. The molecule has 2 heterocycles. The first-order valence-electron chi connectivity index (χ1n) is 8.49. The molecule has 0 aliphatic carbocycles. The van der Waals surface area contributed by atoms with Crippen molar-refractivity contribution in [3.05, 3.63) is 32.6 Å². The molecule has 0 fully saturated rings. The Bertz CT molecular complexity index is 833. The quantitative estimate of drug-likeness (QED) is 0.817. The van der Waals surface area contributed by atoms with Crippen molar-refractivity contribution in [2.45, 2.75) is 27.2 Å². The van der Waals surface area contributed by atoms with E-state index in [0.29, 0.717) is 11.0 Å². The van der Waals surface area contributed by atoms with Crippen molar-refractivity contribution in [3.63, 3.8) is 0 Å². The van der Waals surface area contributed by atoms with E-state index in [4.69, 9.17) is 0 Å². The lowest BCUT2D eigenvalue weighted by Crippen LogP contribution is -2.38. The van der Waals surface area contributed by atoms with Gasteiger partial charge in [-0.2, -0.15) is 0 Å². The summed E-state index contributed by atoms with van der Waals surface area (Å²) in [5.41, 5.74) is 1.54. The maximum atomic E-state index is 12.7. The minimum atomic E-state index is -0.363. The normalized spacial score (nSPS) is 11.4. The van der Waals surface area contributed by atoms with E-state index in [1.54, 1.807) is 13.2 Å². The van der Waals surface area contributed by atoms with Crippen molar-refractivity contribution in [3.8, 4) is 0 Å². The van der Waals surface area contributed by atoms with Crippen LogP contribution in [0.4, 0.5) is 5.69 Å². The lowest BCUT2D eigenvalue weighted by molar-refractivity contribution is 0.316. The van der Waals surface area contributed by atoms with E-state index in [0.717, 1.165) is 48.4 Å². The van der Waals surface area contributed by atoms with Gasteiger partial charge in [-0.1, -0.05) is 20.8 Å². The first-order chi connectivity index (χ1) is 11.5. The monoisotopic (exact) mass is 333 g/mol. The molecule has 0 spiro atoms. The van der Waals surface area contributed by atoms with Gasteiger partial charge in [-0.3, -0.25) is 13.9 Å². The fourth-order valence-electron chi connectivity index (χ4n) is 2.92. The first-order valence-corrected chi connectivity index (χ1v) is 8.49. The van der Waals surface area contributed by atoms with Crippen molar-refractivity contribution in [2.24, 2.45) is 14.1 Å². The fraction of sp³-hybridized carbons (Fsp3) is 0.588. The number of anilines is 1. The van der Waals surface area contributed by atoms with Crippen molar-refractivity contribution >= 4 is 16.7 Å². The van der Waals surface area contributed by atoms with Crippen LogP contribution in [-0.2, 0) is 20.5 Å². The molecule has 0 bridgehead atoms. The van der Waals surface area contributed by atoms with Gasteiger partial charge in [0.2, 0.25) is 0 Å².